The van der Waals surface area contributed by atoms with E-state index < -0.39 is 29.2 Å². The van der Waals surface area contributed by atoms with E-state index in [-0.39, 0.29) is 52.2 Å². The van der Waals surface area contributed by atoms with Gasteiger partial charge in [0.05, 0.1) is 26.4 Å². The number of epoxide rings is 3. The van der Waals surface area contributed by atoms with Crippen molar-refractivity contribution in [3.8, 4) is 0 Å². The second-order valence-corrected chi connectivity index (χ2v) is 11.1. The third-order valence-electron chi connectivity index (χ3n) is 8.26. The average Bonchev–Trinajstić information content (AvgIpc) is 3.60. The highest BCUT2D eigenvalue weighted by Gasteiger charge is 2.67. The maximum Gasteiger partial charge on any atom is 0.424 e. The number of nitrogens with zero attached hydrogens (tertiary/aromatic N) is 2. The Kier molecular flexibility index (Phi) is 5.43. The summed E-state index contributed by atoms with van der Waals surface area (Å²) in [4.78, 5) is 52.1. The van der Waals surface area contributed by atoms with Gasteiger partial charge >= 0.3 is 12.1 Å². The Bertz CT molecular complexity index is 860. The van der Waals surface area contributed by atoms with Crippen molar-refractivity contribution in [3.05, 3.63) is 0 Å². The van der Waals surface area contributed by atoms with Gasteiger partial charge < -0.3 is 18.9 Å². The summed E-state index contributed by atoms with van der Waals surface area (Å²) >= 11 is 0. The summed E-state index contributed by atoms with van der Waals surface area (Å²) in [5, 5.41) is 4.98. The van der Waals surface area contributed by atoms with Crippen LogP contribution in [-0.2, 0) is 28.5 Å². The molecular weight excluding hydrogens is 448 g/mol. The van der Waals surface area contributed by atoms with Crippen LogP contribution in [0, 0.1) is 0 Å². The minimum atomic E-state index is -1.05. The summed E-state index contributed by atoms with van der Waals surface area (Å²) in [6.45, 7) is 9.89. The molecule has 0 bridgehead atoms. The molecule has 5 fully saturated rings. The Morgan fingerprint density at radius 3 is 1.47 bits per heavy atom. The third-order valence-corrected chi connectivity index (χ3v) is 8.26. The molecular formula is C22H34N4O8+2. The molecule has 5 atom stereocenters. The Balaban J connectivity index is 1.49. The molecule has 0 aliphatic carbocycles. The van der Waals surface area contributed by atoms with Crippen LogP contribution in [0.2, 0.25) is 0 Å². The van der Waals surface area contributed by atoms with E-state index in [2.05, 4.69) is 10.6 Å². The van der Waals surface area contributed by atoms with Crippen LogP contribution >= 0.6 is 0 Å². The molecule has 5 aliphatic rings. The van der Waals surface area contributed by atoms with Crippen molar-refractivity contribution in [3.63, 3.8) is 0 Å². The minimum absolute atomic E-state index is 0.0352. The van der Waals surface area contributed by atoms with Gasteiger partial charge in [-0.25, -0.2) is 29.2 Å². The van der Waals surface area contributed by atoms with E-state index in [4.69, 9.17) is 18.9 Å². The fraction of sp³-hybridized carbons (Fsp3) is 0.818. The van der Waals surface area contributed by atoms with E-state index in [1.54, 1.807) is 27.7 Å². The van der Waals surface area contributed by atoms with Gasteiger partial charge in [0.1, 0.15) is 44.5 Å². The zero-order valence-corrected chi connectivity index (χ0v) is 20.1. The highest BCUT2D eigenvalue weighted by atomic mass is 16.6. The van der Waals surface area contributed by atoms with E-state index in [0.717, 1.165) is 0 Å². The lowest BCUT2D eigenvalue weighted by atomic mass is 9.96. The minimum Gasteiger partial charge on any atom is -0.371 e. The molecule has 0 radical (unpaired) electrons. The van der Waals surface area contributed by atoms with Gasteiger partial charge in [0.2, 0.25) is 0 Å². The molecule has 5 heterocycles. The molecule has 5 unspecified atom stereocenters. The van der Waals surface area contributed by atoms with Crippen molar-refractivity contribution < 1.29 is 47.1 Å². The lowest BCUT2D eigenvalue weighted by Crippen LogP contribution is -2.70. The van der Waals surface area contributed by atoms with Crippen molar-refractivity contribution in [1.29, 1.82) is 0 Å². The molecule has 5 saturated heterocycles. The van der Waals surface area contributed by atoms with Crippen LogP contribution in [0.3, 0.4) is 0 Å². The fourth-order valence-corrected chi connectivity index (χ4v) is 5.31. The van der Waals surface area contributed by atoms with E-state index in [9.17, 15) is 19.2 Å². The first-order valence-corrected chi connectivity index (χ1v) is 11.8. The first-order valence-electron chi connectivity index (χ1n) is 11.8. The zero-order chi connectivity index (χ0) is 24.5. The Labute approximate surface area is 198 Å². The normalized spacial score (nSPS) is 40.2. The average molecular weight is 483 g/mol. The summed E-state index contributed by atoms with van der Waals surface area (Å²) < 4.78 is 22.1. The Morgan fingerprint density at radius 1 is 0.794 bits per heavy atom. The van der Waals surface area contributed by atoms with Gasteiger partial charge in [-0.3, -0.25) is 9.59 Å². The number of hydrogen-bond acceptors (Lipinski definition) is 8. The number of imide groups is 2. The number of amides is 6. The van der Waals surface area contributed by atoms with Gasteiger partial charge in [-0.1, -0.05) is 0 Å². The fourth-order valence-electron chi connectivity index (χ4n) is 5.31. The number of carbonyl (C=O) groups is 4. The second kappa shape index (κ2) is 7.77. The van der Waals surface area contributed by atoms with E-state index in [0.29, 0.717) is 39.5 Å². The largest absolute Gasteiger partial charge is 0.424 e. The molecule has 2 N–H and O–H groups in total. The predicted octanol–water partition coefficient (Wildman–Crippen LogP) is -0.742. The zero-order valence-electron chi connectivity index (χ0n) is 20.1. The van der Waals surface area contributed by atoms with Crippen LogP contribution in [0.4, 0.5) is 9.59 Å². The number of rotatable bonds is 11. The molecule has 0 aromatic heterocycles. The summed E-state index contributed by atoms with van der Waals surface area (Å²) in [6, 6.07) is -0.805. The van der Waals surface area contributed by atoms with Crippen LogP contribution in [0.15, 0.2) is 0 Å². The second-order valence-electron chi connectivity index (χ2n) is 11.1. The van der Waals surface area contributed by atoms with Crippen molar-refractivity contribution in [2.75, 3.05) is 52.6 Å². The monoisotopic (exact) mass is 482 g/mol. The summed E-state index contributed by atoms with van der Waals surface area (Å²) in [5.74, 6) is -0.709. The van der Waals surface area contributed by atoms with Gasteiger partial charge in [0.15, 0.2) is 17.2 Å². The molecule has 5 aliphatic heterocycles. The molecule has 0 aromatic carbocycles. The van der Waals surface area contributed by atoms with Gasteiger partial charge in [-0.2, -0.15) is 0 Å². The van der Waals surface area contributed by atoms with Crippen LogP contribution in [0.5, 0.6) is 0 Å². The lowest BCUT2D eigenvalue weighted by molar-refractivity contribution is -0.906. The molecule has 12 nitrogen and oxygen atoms in total. The van der Waals surface area contributed by atoms with Crippen molar-refractivity contribution in [2.45, 2.75) is 63.2 Å². The SMILES string of the molecule is CC1(C)C(=O)NC(=O)[N+]1(CC1CO1)CC(C[N+]1(CC2CO2)C(=O)NC(=O)C1(C)C)OCC1CO1. The summed E-state index contributed by atoms with van der Waals surface area (Å²) in [7, 11) is 0. The Morgan fingerprint density at radius 2 is 1.18 bits per heavy atom. The summed E-state index contributed by atoms with van der Waals surface area (Å²) in [5.41, 5.74) is -2.10. The molecule has 5 rings (SSSR count). The number of ether oxygens (including phenoxy) is 4. The standard InChI is InChI=1S/C22H32N4O8/c1-21(2)17(27)23-19(29)25(21,7-14-9-32-14)5-13(31-11-16-12-34-16)6-26(8-15-10-33-15)20(30)24-18(28)22(26,3)4/h13-16H,5-12H2,1-4H3/p+2. The number of urea groups is 2. The highest BCUT2D eigenvalue weighted by molar-refractivity contribution is 6.02. The number of hydrogen-bond donors (Lipinski definition) is 2. The van der Waals surface area contributed by atoms with Crippen LogP contribution in [0.1, 0.15) is 27.7 Å². The molecule has 34 heavy (non-hydrogen) atoms. The molecule has 12 heteroatoms. The maximum absolute atomic E-state index is 13.3. The topological polar surface area (TPSA) is 139 Å². The van der Waals surface area contributed by atoms with Gasteiger partial charge in [0.25, 0.3) is 11.8 Å². The third kappa shape index (κ3) is 3.76. The van der Waals surface area contributed by atoms with Gasteiger partial charge in [0, 0.05) is 27.7 Å². The molecule has 0 aromatic rings. The van der Waals surface area contributed by atoms with Gasteiger partial charge in [-0.15, -0.1) is 0 Å². The lowest BCUT2D eigenvalue weighted by Gasteiger charge is -2.45. The maximum atomic E-state index is 13.3. The van der Waals surface area contributed by atoms with E-state index in [1.165, 1.54) is 0 Å². The van der Waals surface area contributed by atoms with Crippen molar-refractivity contribution in [2.24, 2.45) is 0 Å². The summed E-state index contributed by atoms with van der Waals surface area (Å²) in [6.07, 6.45) is -0.903. The molecule has 188 valence electrons. The molecule has 0 saturated carbocycles. The smallest absolute Gasteiger partial charge is 0.371 e. The quantitative estimate of drug-likeness (QED) is 0.223. The molecule has 6 amide bonds. The number of carbonyl (C=O) groups excluding carboxylic acids is 4. The first kappa shape index (κ1) is 23.8. The molecule has 0 spiro atoms. The van der Waals surface area contributed by atoms with Gasteiger partial charge in [-0.05, 0) is 0 Å². The van der Waals surface area contributed by atoms with Crippen LogP contribution in [0.25, 0.3) is 0 Å². The highest BCUT2D eigenvalue weighted by Crippen LogP contribution is 2.38. The van der Waals surface area contributed by atoms with E-state index in [1.807, 2.05) is 0 Å². The predicted molar refractivity (Wildman–Crippen MR) is 114 cm³/mol. The number of nitrogens with one attached hydrogen (secondary N) is 2. The van der Waals surface area contributed by atoms with Crippen molar-refractivity contribution >= 4 is 23.9 Å². The Hall–Kier alpha value is -1.96. The first-order chi connectivity index (χ1) is 15.9. The number of quaternary nitrogens is 2. The van der Waals surface area contributed by atoms with Crippen molar-refractivity contribution in [1.82, 2.24) is 10.6 Å². The van der Waals surface area contributed by atoms with E-state index >= 15 is 0 Å². The van der Waals surface area contributed by atoms with Crippen LogP contribution < -0.4 is 10.6 Å². The van der Waals surface area contributed by atoms with Crippen LogP contribution in [-0.4, -0.2) is 121 Å².